The van der Waals surface area contributed by atoms with Crippen LogP contribution in [0, 0.1) is 0 Å². The Balaban J connectivity index is 1.66. The van der Waals surface area contributed by atoms with Crippen molar-refractivity contribution in [2.75, 3.05) is 5.75 Å². The van der Waals surface area contributed by atoms with Crippen LogP contribution in [0.2, 0.25) is 0 Å². The Morgan fingerprint density at radius 2 is 1.53 bits per heavy atom. The molecule has 0 saturated carbocycles. The number of fused-ring (bicyclic) bond motifs is 1. The normalized spacial score (nSPS) is 12.0. The Morgan fingerprint density at radius 1 is 0.781 bits per heavy atom. The van der Waals surface area contributed by atoms with Crippen LogP contribution in [0.15, 0.2) is 66.7 Å². The maximum Gasteiger partial charge on any atom is 0.304 e. The van der Waals surface area contributed by atoms with E-state index in [1.54, 1.807) is 0 Å². The molecule has 0 spiro atoms. The topological polar surface area (TPSA) is 74.6 Å². The second-order valence-electron chi connectivity index (χ2n) is 8.05. The largest absolute Gasteiger partial charge is 0.481 e. The van der Waals surface area contributed by atoms with Crippen LogP contribution < -0.4 is 0 Å². The van der Waals surface area contributed by atoms with Crippen LogP contribution in [0.4, 0.5) is 0 Å². The number of carboxylic acid groups (broad SMARTS) is 2. The molecule has 0 aliphatic rings. The molecule has 1 atom stereocenters. The molecular weight excluding hydrogens is 420 g/mol. The molecule has 0 aliphatic carbocycles. The van der Waals surface area contributed by atoms with Gasteiger partial charge < -0.3 is 10.2 Å². The molecule has 0 saturated heterocycles. The maximum atomic E-state index is 11.5. The summed E-state index contributed by atoms with van der Waals surface area (Å²) in [6, 6.07) is 23.0. The second-order valence-corrected chi connectivity index (χ2v) is 9.36. The number of benzene rings is 3. The van der Waals surface area contributed by atoms with Crippen molar-refractivity contribution in [1.29, 1.82) is 0 Å². The predicted molar refractivity (Wildman–Crippen MR) is 131 cm³/mol. The molecule has 0 heterocycles. The van der Waals surface area contributed by atoms with Gasteiger partial charge in [0.15, 0.2) is 0 Å². The van der Waals surface area contributed by atoms with Crippen molar-refractivity contribution in [3.63, 3.8) is 0 Å². The minimum absolute atomic E-state index is 0.0207. The average molecular weight is 451 g/mol. The van der Waals surface area contributed by atoms with Gasteiger partial charge in [-0.15, -0.1) is 0 Å². The van der Waals surface area contributed by atoms with Gasteiger partial charge in [-0.25, -0.2) is 0 Å². The van der Waals surface area contributed by atoms with Gasteiger partial charge >= 0.3 is 11.9 Å². The zero-order valence-corrected chi connectivity index (χ0v) is 19.0. The highest BCUT2D eigenvalue weighted by molar-refractivity contribution is 7.99. The molecule has 5 heteroatoms. The molecule has 32 heavy (non-hydrogen) atoms. The summed E-state index contributed by atoms with van der Waals surface area (Å²) >= 11 is 1.41. The minimum atomic E-state index is -0.871. The lowest BCUT2D eigenvalue weighted by Crippen LogP contribution is -2.06. The maximum absolute atomic E-state index is 11.5. The van der Waals surface area contributed by atoms with Crippen LogP contribution in [-0.4, -0.2) is 27.9 Å². The fourth-order valence-corrected chi connectivity index (χ4v) is 5.19. The number of carboxylic acids is 2. The van der Waals surface area contributed by atoms with E-state index in [0.717, 1.165) is 35.6 Å². The van der Waals surface area contributed by atoms with Gasteiger partial charge in [0.05, 0.1) is 12.8 Å². The summed E-state index contributed by atoms with van der Waals surface area (Å²) in [5.41, 5.74) is 3.62. The lowest BCUT2D eigenvalue weighted by Gasteiger charge is -2.18. The van der Waals surface area contributed by atoms with Gasteiger partial charge in [0, 0.05) is 11.0 Å². The summed E-state index contributed by atoms with van der Waals surface area (Å²) in [5.74, 6) is -1.34. The van der Waals surface area contributed by atoms with E-state index in [1.165, 1.54) is 35.7 Å². The minimum Gasteiger partial charge on any atom is -0.481 e. The van der Waals surface area contributed by atoms with E-state index in [4.69, 9.17) is 5.11 Å². The first-order valence-electron chi connectivity index (χ1n) is 11.1. The van der Waals surface area contributed by atoms with Crippen LogP contribution in [0.1, 0.15) is 54.0 Å². The molecule has 2 N–H and O–H groups in total. The number of hydrogen-bond acceptors (Lipinski definition) is 3. The zero-order chi connectivity index (χ0) is 22.8. The van der Waals surface area contributed by atoms with Crippen molar-refractivity contribution in [1.82, 2.24) is 0 Å². The van der Waals surface area contributed by atoms with Gasteiger partial charge in [-0.05, 0) is 53.1 Å². The first-order valence-corrected chi connectivity index (χ1v) is 12.2. The smallest absolute Gasteiger partial charge is 0.304 e. The number of rotatable bonds is 13. The molecule has 0 aliphatic heterocycles. The molecule has 0 radical (unpaired) electrons. The van der Waals surface area contributed by atoms with E-state index in [-0.39, 0.29) is 18.1 Å². The molecule has 4 nitrogen and oxygen atoms in total. The molecule has 0 aromatic heterocycles. The van der Waals surface area contributed by atoms with Crippen LogP contribution in [0.25, 0.3) is 10.8 Å². The fraction of sp³-hybridized carbons (Fsp3) is 0.333. The van der Waals surface area contributed by atoms with Crippen LogP contribution >= 0.6 is 11.8 Å². The van der Waals surface area contributed by atoms with Gasteiger partial charge in [0.2, 0.25) is 0 Å². The number of hydrogen-bond donors (Lipinski definition) is 2. The van der Waals surface area contributed by atoms with Crippen molar-refractivity contribution in [2.45, 2.75) is 50.2 Å². The number of aliphatic carboxylic acids is 2. The highest BCUT2D eigenvalue weighted by atomic mass is 32.2. The quantitative estimate of drug-likeness (QED) is 0.290. The zero-order valence-electron chi connectivity index (χ0n) is 18.2. The summed E-state index contributed by atoms with van der Waals surface area (Å²) < 4.78 is 0. The van der Waals surface area contributed by atoms with E-state index < -0.39 is 11.9 Å². The van der Waals surface area contributed by atoms with Crippen molar-refractivity contribution in [2.24, 2.45) is 0 Å². The Kier molecular flexibility index (Phi) is 9.17. The number of unbranched alkanes of at least 4 members (excludes halogenated alkanes) is 2. The molecule has 0 amide bonds. The van der Waals surface area contributed by atoms with E-state index in [1.807, 2.05) is 24.3 Å². The lowest BCUT2D eigenvalue weighted by molar-refractivity contribution is -0.137. The third-order valence-electron chi connectivity index (χ3n) is 5.60. The highest BCUT2D eigenvalue weighted by Gasteiger charge is 2.19. The van der Waals surface area contributed by atoms with Gasteiger partial charge in [0.25, 0.3) is 0 Å². The van der Waals surface area contributed by atoms with Gasteiger partial charge in [-0.1, -0.05) is 73.2 Å². The van der Waals surface area contributed by atoms with Gasteiger partial charge in [-0.2, -0.15) is 11.8 Å². The number of thioether (sulfide) groups is 1. The lowest BCUT2D eigenvalue weighted by atomic mass is 9.96. The van der Waals surface area contributed by atoms with Crippen molar-refractivity contribution < 1.29 is 19.8 Å². The van der Waals surface area contributed by atoms with E-state index in [0.29, 0.717) is 5.75 Å². The number of aryl methyl sites for hydroxylation is 2. The molecule has 3 rings (SSSR count). The first kappa shape index (κ1) is 23.9. The first-order chi connectivity index (χ1) is 15.5. The summed E-state index contributed by atoms with van der Waals surface area (Å²) in [6.07, 6.45) is 5.56. The summed E-state index contributed by atoms with van der Waals surface area (Å²) in [5, 5.41) is 20.2. The Bertz CT molecular complexity index is 1030. The summed E-state index contributed by atoms with van der Waals surface area (Å²) in [6.45, 7) is 0. The Morgan fingerprint density at radius 3 is 2.25 bits per heavy atom. The fourth-order valence-electron chi connectivity index (χ4n) is 3.97. The van der Waals surface area contributed by atoms with Crippen molar-refractivity contribution in [3.05, 3.63) is 83.4 Å². The molecule has 3 aromatic carbocycles. The van der Waals surface area contributed by atoms with E-state index >= 15 is 0 Å². The number of carbonyl (C=O) groups is 2. The van der Waals surface area contributed by atoms with E-state index in [2.05, 4.69) is 42.5 Å². The Hall–Kier alpha value is -2.79. The van der Waals surface area contributed by atoms with Gasteiger partial charge in [0.1, 0.15) is 0 Å². The second kappa shape index (κ2) is 12.3. The van der Waals surface area contributed by atoms with Crippen LogP contribution in [-0.2, 0) is 22.4 Å². The van der Waals surface area contributed by atoms with Gasteiger partial charge in [-0.3, -0.25) is 9.59 Å². The molecule has 0 bridgehead atoms. The predicted octanol–water partition coefficient (Wildman–Crippen LogP) is 6.52. The Labute approximate surface area is 193 Å². The monoisotopic (exact) mass is 450 g/mol. The van der Waals surface area contributed by atoms with Crippen LogP contribution in [0.3, 0.4) is 0 Å². The van der Waals surface area contributed by atoms with Crippen LogP contribution in [0.5, 0.6) is 0 Å². The molecule has 168 valence electrons. The average Bonchev–Trinajstić information content (AvgIpc) is 2.78. The molecule has 3 aromatic rings. The van der Waals surface area contributed by atoms with E-state index in [9.17, 15) is 14.7 Å². The summed E-state index contributed by atoms with van der Waals surface area (Å²) in [4.78, 5) is 22.4. The van der Waals surface area contributed by atoms with Crippen molar-refractivity contribution >= 4 is 34.5 Å². The standard InChI is InChI=1S/C27H30O4S/c28-26(29)16-17-32-25(19-27(30)31)23-13-7-12-22-15-14-21(18-24(22)23)11-6-2-5-10-20-8-3-1-4-9-20/h1,3-4,7-9,12-15,18,25H,2,5-6,10-11,16-17,19H2,(H,28,29)(H,30,31). The summed E-state index contributed by atoms with van der Waals surface area (Å²) in [7, 11) is 0. The SMILES string of the molecule is O=C(O)CCSC(CC(=O)O)c1cccc2ccc(CCCCCc3ccccc3)cc12. The molecule has 0 fully saturated rings. The molecule has 1 unspecified atom stereocenters. The third-order valence-corrected chi connectivity index (χ3v) is 6.86. The highest BCUT2D eigenvalue weighted by Crippen LogP contribution is 2.37. The van der Waals surface area contributed by atoms with Crippen molar-refractivity contribution in [3.8, 4) is 0 Å². The third kappa shape index (κ3) is 7.41. The molecular formula is C27H30O4S.